The van der Waals surface area contributed by atoms with Gasteiger partial charge in [-0.2, -0.15) is 0 Å². The van der Waals surface area contributed by atoms with Gasteiger partial charge in [0.2, 0.25) is 0 Å². The highest BCUT2D eigenvalue weighted by Gasteiger charge is 2.57. The number of benzene rings is 1. The quantitative estimate of drug-likeness (QED) is 0.550. The van der Waals surface area contributed by atoms with Crippen molar-refractivity contribution in [3.8, 4) is 0 Å². The molecule has 0 aliphatic heterocycles. The molecule has 25 heavy (non-hydrogen) atoms. The summed E-state index contributed by atoms with van der Waals surface area (Å²) in [5, 5.41) is 0. The molecule has 5 unspecified atom stereocenters. The Balaban J connectivity index is 1.69. The lowest BCUT2D eigenvalue weighted by molar-refractivity contribution is -0.130. The van der Waals surface area contributed by atoms with Crippen molar-refractivity contribution < 1.29 is 9.47 Å². The Morgan fingerprint density at radius 2 is 2.12 bits per heavy atom. The first-order valence-electron chi connectivity index (χ1n) is 9.91. The lowest BCUT2D eigenvalue weighted by Gasteiger charge is -2.53. The smallest absolute Gasteiger partial charge is 0.146 e. The lowest BCUT2D eigenvalue weighted by atomic mass is 9.52. The van der Waals surface area contributed by atoms with Crippen LogP contribution < -0.4 is 0 Å². The van der Waals surface area contributed by atoms with Crippen LogP contribution >= 0.6 is 0 Å². The van der Waals surface area contributed by atoms with Crippen LogP contribution in [-0.2, 0) is 15.9 Å². The summed E-state index contributed by atoms with van der Waals surface area (Å²) in [6, 6.07) is 7.13. The highest BCUT2D eigenvalue weighted by atomic mass is 16.7. The van der Waals surface area contributed by atoms with Gasteiger partial charge < -0.3 is 9.47 Å². The predicted octanol–water partition coefficient (Wildman–Crippen LogP) is 5.25. The second kappa shape index (κ2) is 6.55. The van der Waals surface area contributed by atoms with E-state index in [1.807, 2.05) is 0 Å². The third-order valence-electron chi connectivity index (χ3n) is 7.53. The van der Waals surface area contributed by atoms with E-state index in [4.69, 9.17) is 9.47 Å². The summed E-state index contributed by atoms with van der Waals surface area (Å²) in [7, 11) is 1.72. The van der Waals surface area contributed by atoms with Crippen LogP contribution in [0.25, 0.3) is 0 Å². The topological polar surface area (TPSA) is 18.5 Å². The molecule has 0 bridgehead atoms. The van der Waals surface area contributed by atoms with Gasteiger partial charge in [-0.15, -0.1) is 6.58 Å². The molecule has 2 fully saturated rings. The van der Waals surface area contributed by atoms with Crippen LogP contribution in [0.5, 0.6) is 0 Å². The van der Waals surface area contributed by atoms with Gasteiger partial charge >= 0.3 is 0 Å². The first-order valence-corrected chi connectivity index (χ1v) is 9.91. The van der Waals surface area contributed by atoms with E-state index in [0.29, 0.717) is 24.7 Å². The van der Waals surface area contributed by atoms with Gasteiger partial charge in [0, 0.05) is 7.11 Å². The minimum absolute atomic E-state index is 0.265. The van der Waals surface area contributed by atoms with Crippen LogP contribution in [0.3, 0.4) is 0 Å². The van der Waals surface area contributed by atoms with Crippen molar-refractivity contribution >= 4 is 0 Å². The largest absolute Gasteiger partial charge is 0.359 e. The highest BCUT2D eigenvalue weighted by molar-refractivity contribution is 5.39. The Bertz CT molecular complexity index is 651. The molecule has 1 aromatic carbocycles. The van der Waals surface area contributed by atoms with E-state index in [9.17, 15) is 0 Å². The molecule has 0 radical (unpaired) electrons. The molecule has 2 heteroatoms. The summed E-state index contributed by atoms with van der Waals surface area (Å²) in [6.07, 6.45) is 8.81. The fraction of sp³-hybridized carbons (Fsp3) is 0.652. The van der Waals surface area contributed by atoms with Gasteiger partial charge in [-0.05, 0) is 79.2 Å². The molecule has 3 aliphatic carbocycles. The predicted molar refractivity (Wildman–Crippen MR) is 102 cm³/mol. The molecular weight excluding hydrogens is 308 g/mol. The van der Waals surface area contributed by atoms with Crippen molar-refractivity contribution in [2.24, 2.45) is 23.2 Å². The number of allylic oxidation sites excluding steroid dienone is 1. The maximum absolute atomic E-state index is 6.13. The van der Waals surface area contributed by atoms with Crippen LogP contribution in [0.15, 0.2) is 30.9 Å². The average Bonchev–Trinajstić information content (AvgIpc) is 2.94. The number of hydrogen-bond acceptors (Lipinski definition) is 2. The minimum Gasteiger partial charge on any atom is -0.359 e. The Morgan fingerprint density at radius 3 is 2.88 bits per heavy atom. The van der Waals surface area contributed by atoms with Crippen LogP contribution in [0, 0.1) is 30.1 Å². The summed E-state index contributed by atoms with van der Waals surface area (Å²) < 4.78 is 11.3. The van der Waals surface area contributed by atoms with Crippen molar-refractivity contribution in [3.63, 3.8) is 0 Å². The first kappa shape index (κ1) is 17.3. The summed E-state index contributed by atoms with van der Waals surface area (Å²) >= 11 is 0. The molecule has 4 rings (SSSR count). The summed E-state index contributed by atoms with van der Waals surface area (Å²) in [5.41, 5.74) is 4.85. The van der Waals surface area contributed by atoms with Gasteiger partial charge in [0.15, 0.2) is 0 Å². The van der Waals surface area contributed by atoms with Gasteiger partial charge in [-0.3, -0.25) is 0 Å². The molecule has 0 saturated heterocycles. The molecule has 2 nitrogen and oxygen atoms in total. The number of methoxy groups -OCH3 is 1. The average molecular weight is 341 g/mol. The molecule has 0 N–H and O–H groups in total. The minimum atomic E-state index is 0.265. The second-order valence-corrected chi connectivity index (χ2v) is 8.79. The van der Waals surface area contributed by atoms with Crippen molar-refractivity contribution in [1.29, 1.82) is 0 Å². The molecule has 1 aromatic rings. The van der Waals surface area contributed by atoms with Crippen molar-refractivity contribution in [1.82, 2.24) is 0 Å². The zero-order valence-electron chi connectivity index (χ0n) is 16.0. The Hall–Kier alpha value is -1.12. The maximum atomic E-state index is 6.13. The van der Waals surface area contributed by atoms with E-state index >= 15 is 0 Å². The SMILES string of the molecule is C=C[C@H]1CC2(C)C(OCOC)CCC2C2CCc3cc(C)ccc3C21. The second-order valence-electron chi connectivity index (χ2n) is 8.79. The molecule has 0 amide bonds. The molecule has 0 aromatic heterocycles. The molecule has 6 atom stereocenters. The van der Waals surface area contributed by atoms with Gasteiger partial charge in [-0.1, -0.05) is 36.8 Å². The van der Waals surface area contributed by atoms with E-state index in [-0.39, 0.29) is 5.41 Å². The fourth-order valence-electron chi connectivity index (χ4n) is 6.51. The van der Waals surface area contributed by atoms with Crippen LogP contribution in [-0.4, -0.2) is 20.0 Å². The number of fused-ring (bicyclic) bond motifs is 5. The third kappa shape index (κ3) is 2.69. The highest BCUT2D eigenvalue weighted by Crippen LogP contribution is 2.63. The molecular formula is C23H32O2. The Morgan fingerprint density at radius 1 is 1.28 bits per heavy atom. The third-order valence-corrected chi connectivity index (χ3v) is 7.53. The molecule has 2 saturated carbocycles. The van der Waals surface area contributed by atoms with Crippen LogP contribution in [0.2, 0.25) is 0 Å². The summed E-state index contributed by atoms with van der Waals surface area (Å²) in [4.78, 5) is 0. The number of aryl methyl sites for hydroxylation is 2. The van der Waals surface area contributed by atoms with E-state index in [1.54, 1.807) is 18.2 Å². The Kier molecular flexibility index (Phi) is 4.54. The zero-order chi connectivity index (χ0) is 17.6. The standard InChI is InChI=1S/C23H32O2/c1-5-16-13-23(3)20(10-11-21(23)25-14-24-4)19-9-7-17-12-15(2)6-8-18(17)22(16)19/h5-6,8,12,16,19-22H,1,7,9-11,13-14H2,2-4H3/t16-,19?,20?,21?,22?,23?/m0/s1. The Labute approximate surface area is 152 Å². The fourth-order valence-corrected chi connectivity index (χ4v) is 6.51. The molecule has 3 aliphatic rings. The normalized spacial score (nSPS) is 39.4. The van der Waals surface area contributed by atoms with Crippen LogP contribution in [0.4, 0.5) is 0 Å². The van der Waals surface area contributed by atoms with E-state index in [2.05, 4.69) is 44.7 Å². The maximum Gasteiger partial charge on any atom is 0.146 e. The van der Waals surface area contributed by atoms with Crippen molar-refractivity contribution in [3.05, 3.63) is 47.5 Å². The number of ether oxygens (including phenoxy) is 2. The molecule has 0 heterocycles. The molecule has 0 spiro atoms. The van der Waals surface area contributed by atoms with Crippen molar-refractivity contribution in [2.45, 2.75) is 58.0 Å². The summed E-state index contributed by atoms with van der Waals surface area (Å²) in [5.74, 6) is 2.75. The monoisotopic (exact) mass is 340 g/mol. The summed E-state index contributed by atoms with van der Waals surface area (Å²) in [6.45, 7) is 9.34. The van der Waals surface area contributed by atoms with Gasteiger partial charge in [0.1, 0.15) is 6.79 Å². The lowest BCUT2D eigenvalue weighted by Crippen LogP contribution is -2.48. The van der Waals surface area contributed by atoms with Crippen LogP contribution in [0.1, 0.15) is 55.2 Å². The zero-order valence-corrected chi connectivity index (χ0v) is 16.0. The van der Waals surface area contributed by atoms with E-state index in [0.717, 1.165) is 11.8 Å². The first-order chi connectivity index (χ1) is 12.1. The van der Waals surface area contributed by atoms with Gasteiger partial charge in [0.25, 0.3) is 0 Å². The van der Waals surface area contributed by atoms with Gasteiger partial charge in [0.05, 0.1) is 6.10 Å². The van der Waals surface area contributed by atoms with E-state index < -0.39 is 0 Å². The number of hydrogen-bond donors (Lipinski definition) is 0. The molecule has 136 valence electrons. The van der Waals surface area contributed by atoms with Crippen molar-refractivity contribution in [2.75, 3.05) is 13.9 Å². The van der Waals surface area contributed by atoms with E-state index in [1.165, 1.54) is 37.7 Å². The van der Waals surface area contributed by atoms with Gasteiger partial charge in [-0.25, -0.2) is 0 Å². The number of rotatable bonds is 4.